The number of aromatic amines is 1. The van der Waals surface area contributed by atoms with Gasteiger partial charge in [-0.05, 0) is 12.5 Å². The van der Waals surface area contributed by atoms with Crippen molar-refractivity contribution in [3.63, 3.8) is 0 Å². The second kappa shape index (κ2) is 5.40. The van der Waals surface area contributed by atoms with E-state index in [2.05, 4.69) is 4.98 Å². The summed E-state index contributed by atoms with van der Waals surface area (Å²) in [5.41, 5.74) is -1.19. The van der Waals surface area contributed by atoms with Gasteiger partial charge in [0.05, 0.1) is 5.56 Å². The van der Waals surface area contributed by atoms with Gasteiger partial charge in [-0.3, -0.25) is 14.3 Å². The highest BCUT2D eigenvalue weighted by molar-refractivity contribution is 6.32. The first-order valence-corrected chi connectivity index (χ1v) is 6.23. The van der Waals surface area contributed by atoms with E-state index in [1.165, 1.54) is 0 Å². The molecule has 8 heteroatoms. The Morgan fingerprint density at radius 3 is 2.29 bits per heavy atom. The number of benzene rings is 1. The maximum atomic E-state index is 12.4. The molecular formula is C13H10ClF3N2O2. The van der Waals surface area contributed by atoms with Gasteiger partial charge in [0.2, 0.25) is 0 Å². The van der Waals surface area contributed by atoms with Gasteiger partial charge < -0.3 is 0 Å². The normalized spacial score (nSPS) is 11.7. The number of rotatable bonds is 2. The van der Waals surface area contributed by atoms with Gasteiger partial charge in [0.15, 0.2) is 0 Å². The number of aryl methyl sites for hydroxylation is 1. The first-order valence-electron chi connectivity index (χ1n) is 5.85. The lowest BCUT2D eigenvalue weighted by molar-refractivity contribution is -0.141. The molecule has 0 bridgehead atoms. The Morgan fingerprint density at radius 2 is 1.76 bits per heavy atom. The van der Waals surface area contributed by atoms with Crippen LogP contribution in [-0.2, 0) is 6.54 Å². The Hall–Kier alpha value is -2.02. The van der Waals surface area contributed by atoms with Crippen LogP contribution in [0, 0.1) is 6.92 Å². The van der Waals surface area contributed by atoms with Gasteiger partial charge in [0.25, 0.3) is 5.56 Å². The molecule has 4 nitrogen and oxygen atoms in total. The van der Waals surface area contributed by atoms with E-state index in [9.17, 15) is 22.8 Å². The zero-order valence-electron chi connectivity index (χ0n) is 10.8. The summed E-state index contributed by atoms with van der Waals surface area (Å²) in [7, 11) is 0. The van der Waals surface area contributed by atoms with Gasteiger partial charge in [0, 0.05) is 0 Å². The van der Waals surface area contributed by atoms with Crippen LogP contribution in [0.3, 0.4) is 0 Å². The summed E-state index contributed by atoms with van der Waals surface area (Å²) in [6.07, 6.45) is -4.69. The van der Waals surface area contributed by atoms with Crippen molar-refractivity contribution in [1.29, 1.82) is 0 Å². The first kappa shape index (κ1) is 15.4. The molecule has 0 amide bonds. The minimum atomic E-state index is -4.69. The average molecular weight is 319 g/mol. The molecule has 2 aromatic rings. The second-order valence-corrected chi connectivity index (χ2v) is 4.87. The molecular weight excluding hydrogens is 309 g/mol. The van der Waals surface area contributed by atoms with E-state index < -0.39 is 24.0 Å². The minimum absolute atomic E-state index is 0.0844. The van der Waals surface area contributed by atoms with Crippen LogP contribution in [0.5, 0.6) is 0 Å². The zero-order chi connectivity index (χ0) is 15.8. The van der Waals surface area contributed by atoms with E-state index in [-0.39, 0.29) is 15.3 Å². The molecule has 0 aliphatic heterocycles. The Bertz CT molecular complexity index is 776. The molecule has 0 aliphatic carbocycles. The Balaban J connectivity index is 2.67. The number of nitrogens with one attached hydrogen (secondary N) is 1. The van der Waals surface area contributed by atoms with E-state index in [4.69, 9.17) is 11.6 Å². The maximum Gasteiger partial charge on any atom is 0.406 e. The van der Waals surface area contributed by atoms with Gasteiger partial charge in [-0.2, -0.15) is 13.2 Å². The zero-order valence-corrected chi connectivity index (χ0v) is 11.5. The molecule has 2 rings (SSSR count). The van der Waals surface area contributed by atoms with Crippen molar-refractivity contribution in [2.24, 2.45) is 0 Å². The summed E-state index contributed by atoms with van der Waals surface area (Å²) in [5, 5.41) is -0.285. The highest BCUT2D eigenvalue weighted by Crippen LogP contribution is 2.22. The highest BCUT2D eigenvalue weighted by atomic mass is 35.5. The van der Waals surface area contributed by atoms with Gasteiger partial charge in [-0.1, -0.05) is 41.4 Å². The molecule has 0 radical (unpaired) electrons. The Kier molecular flexibility index (Phi) is 3.95. The molecule has 21 heavy (non-hydrogen) atoms. The lowest BCUT2D eigenvalue weighted by Gasteiger charge is -2.11. The van der Waals surface area contributed by atoms with Crippen LogP contribution >= 0.6 is 11.6 Å². The predicted molar refractivity (Wildman–Crippen MR) is 72.6 cm³/mol. The van der Waals surface area contributed by atoms with Crippen molar-refractivity contribution in [2.75, 3.05) is 0 Å². The molecule has 1 N–H and O–H groups in total. The Labute approximate surface area is 121 Å². The fourth-order valence-corrected chi connectivity index (χ4v) is 2.11. The number of aromatic nitrogens is 2. The van der Waals surface area contributed by atoms with Crippen LogP contribution in [-0.4, -0.2) is 15.7 Å². The van der Waals surface area contributed by atoms with Crippen LogP contribution in [0.15, 0.2) is 33.9 Å². The van der Waals surface area contributed by atoms with Crippen LogP contribution in [0.4, 0.5) is 13.2 Å². The molecule has 1 aromatic carbocycles. The van der Waals surface area contributed by atoms with Crippen LogP contribution in [0.2, 0.25) is 5.15 Å². The van der Waals surface area contributed by atoms with Gasteiger partial charge in [-0.25, -0.2) is 4.79 Å². The number of nitrogens with zero attached hydrogens (tertiary/aromatic N) is 1. The molecule has 1 heterocycles. The van der Waals surface area contributed by atoms with E-state index in [0.29, 0.717) is 5.56 Å². The molecule has 112 valence electrons. The van der Waals surface area contributed by atoms with Crippen molar-refractivity contribution in [2.45, 2.75) is 19.6 Å². The summed E-state index contributed by atoms with van der Waals surface area (Å²) in [5.74, 6) is 0. The summed E-state index contributed by atoms with van der Waals surface area (Å²) < 4.78 is 37.4. The van der Waals surface area contributed by atoms with Crippen molar-refractivity contribution in [1.82, 2.24) is 9.55 Å². The largest absolute Gasteiger partial charge is 0.406 e. The molecule has 0 spiro atoms. The third-order valence-electron chi connectivity index (χ3n) is 2.82. The van der Waals surface area contributed by atoms with E-state index in [1.807, 2.05) is 6.92 Å². The lowest BCUT2D eigenvalue weighted by Crippen LogP contribution is -2.40. The number of halogens is 4. The number of hydrogen-bond donors (Lipinski definition) is 1. The quantitative estimate of drug-likeness (QED) is 0.866. The first-order chi connectivity index (χ1) is 9.69. The van der Waals surface area contributed by atoms with Crippen molar-refractivity contribution < 1.29 is 13.2 Å². The summed E-state index contributed by atoms with van der Waals surface area (Å²) in [4.78, 5) is 25.7. The standard InChI is InChI=1S/C13H10ClF3N2O2/c1-7-2-4-8(5-3-7)9-10(14)18-12(21)19(11(9)20)6-13(15,16)17/h2-5H,6H2,1H3,(H,18,21). The molecule has 0 saturated heterocycles. The number of hydrogen-bond acceptors (Lipinski definition) is 2. The topological polar surface area (TPSA) is 54.9 Å². The van der Waals surface area contributed by atoms with E-state index in [1.54, 1.807) is 24.3 Å². The average Bonchev–Trinajstić information content (AvgIpc) is 2.35. The minimum Gasteiger partial charge on any atom is -0.297 e. The molecule has 0 aliphatic rings. The van der Waals surface area contributed by atoms with Crippen LogP contribution in [0.25, 0.3) is 11.1 Å². The molecule has 0 saturated carbocycles. The summed E-state index contributed by atoms with van der Waals surface area (Å²) in [6, 6.07) is 6.47. The third-order valence-corrected chi connectivity index (χ3v) is 3.10. The lowest BCUT2D eigenvalue weighted by atomic mass is 10.1. The highest BCUT2D eigenvalue weighted by Gasteiger charge is 2.30. The SMILES string of the molecule is Cc1ccc(-c2c(Cl)[nH]c(=O)n(CC(F)(F)F)c2=O)cc1. The number of H-pyrrole nitrogens is 1. The van der Waals surface area contributed by atoms with E-state index >= 15 is 0 Å². The number of alkyl halides is 3. The van der Waals surface area contributed by atoms with E-state index in [0.717, 1.165) is 5.56 Å². The van der Waals surface area contributed by atoms with Gasteiger partial charge >= 0.3 is 11.9 Å². The molecule has 1 aromatic heterocycles. The fraction of sp³-hybridized carbons (Fsp3) is 0.231. The van der Waals surface area contributed by atoms with Gasteiger partial charge in [-0.15, -0.1) is 0 Å². The fourth-order valence-electron chi connectivity index (χ4n) is 1.84. The monoisotopic (exact) mass is 318 g/mol. The maximum absolute atomic E-state index is 12.4. The molecule has 0 fully saturated rings. The van der Waals surface area contributed by atoms with Crippen LogP contribution < -0.4 is 11.2 Å². The summed E-state index contributed by atoms with van der Waals surface area (Å²) >= 11 is 5.80. The smallest absolute Gasteiger partial charge is 0.297 e. The predicted octanol–water partition coefficient (Wildman–Crippen LogP) is 2.73. The van der Waals surface area contributed by atoms with Crippen molar-refractivity contribution in [3.05, 3.63) is 55.8 Å². The molecule has 0 unspecified atom stereocenters. The summed E-state index contributed by atoms with van der Waals surface area (Å²) in [6.45, 7) is 0.150. The molecule has 0 atom stereocenters. The van der Waals surface area contributed by atoms with Crippen molar-refractivity contribution in [3.8, 4) is 11.1 Å². The van der Waals surface area contributed by atoms with Crippen molar-refractivity contribution >= 4 is 11.6 Å². The second-order valence-electron chi connectivity index (χ2n) is 4.49. The van der Waals surface area contributed by atoms with Crippen LogP contribution in [0.1, 0.15) is 5.56 Å². The third kappa shape index (κ3) is 3.36. The Morgan fingerprint density at radius 1 is 1.19 bits per heavy atom. The van der Waals surface area contributed by atoms with Gasteiger partial charge in [0.1, 0.15) is 11.7 Å².